The van der Waals surface area contributed by atoms with Crippen molar-refractivity contribution >= 4 is 32.7 Å². The molecular weight excluding hydrogens is 440 g/mol. The van der Waals surface area contributed by atoms with Gasteiger partial charge in [-0.05, 0) is 69.6 Å². The van der Waals surface area contributed by atoms with E-state index in [2.05, 4.69) is 97.1 Å². The molecule has 36 heavy (non-hydrogen) atoms. The van der Waals surface area contributed by atoms with E-state index in [-0.39, 0.29) is 0 Å². The number of fused-ring (bicyclic) bond motifs is 5. The Morgan fingerprint density at radius 2 is 1.14 bits per heavy atom. The van der Waals surface area contributed by atoms with Crippen LogP contribution < -0.4 is 4.74 Å². The fraction of sp³-hybridized carbons (Fsp3) is 0. The standard InChI is InChI=1S/C34H20O2/c1-3-13-30-25(9-1)27-16-15-22(20-33(27)36-30)21-7-5-8-23(19-21)24-17-18-32-34-28(24)11-6-12-29(34)26-10-2-4-14-31(26)35-32/h1-20H. The maximum Gasteiger partial charge on any atom is 0.136 e. The Bertz CT molecular complexity index is 1980. The summed E-state index contributed by atoms with van der Waals surface area (Å²) in [7, 11) is 0. The fourth-order valence-electron chi connectivity index (χ4n) is 5.60. The highest BCUT2D eigenvalue weighted by molar-refractivity contribution is 6.10. The van der Waals surface area contributed by atoms with E-state index in [0.717, 1.165) is 50.1 Å². The number of ether oxygens (including phenoxy) is 1. The lowest BCUT2D eigenvalue weighted by Gasteiger charge is -2.22. The number of benzene rings is 6. The van der Waals surface area contributed by atoms with Crippen LogP contribution in [0.15, 0.2) is 126 Å². The molecule has 1 aromatic heterocycles. The molecule has 168 valence electrons. The smallest absolute Gasteiger partial charge is 0.136 e. The first-order chi connectivity index (χ1) is 17.8. The maximum atomic E-state index is 6.29. The summed E-state index contributed by atoms with van der Waals surface area (Å²) in [6, 6.07) is 42.5. The van der Waals surface area contributed by atoms with Crippen LogP contribution in [0.3, 0.4) is 0 Å². The zero-order valence-electron chi connectivity index (χ0n) is 19.4. The van der Waals surface area contributed by atoms with Gasteiger partial charge in [0, 0.05) is 21.7 Å². The van der Waals surface area contributed by atoms with Crippen molar-refractivity contribution in [3.05, 3.63) is 121 Å². The van der Waals surface area contributed by atoms with Crippen molar-refractivity contribution in [1.82, 2.24) is 0 Å². The summed E-state index contributed by atoms with van der Waals surface area (Å²) in [5, 5.41) is 4.67. The molecule has 0 saturated carbocycles. The van der Waals surface area contributed by atoms with E-state index in [0.29, 0.717) is 0 Å². The molecule has 7 aromatic rings. The van der Waals surface area contributed by atoms with Crippen LogP contribution in [0.5, 0.6) is 11.5 Å². The first-order valence-electron chi connectivity index (χ1n) is 12.2. The highest BCUT2D eigenvalue weighted by Gasteiger charge is 2.21. The van der Waals surface area contributed by atoms with Gasteiger partial charge in [0.25, 0.3) is 0 Å². The molecule has 1 aliphatic rings. The number of furan rings is 1. The number of hydrogen-bond acceptors (Lipinski definition) is 2. The van der Waals surface area contributed by atoms with Gasteiger partial charge in [0.05, 0.1) is 0 Å². The third-order valence-electron chi connectivity index (χ3n) is 7.29. The number of hydrogen-bond donors (Lipinski definition) is 0. The van der Waals surface area contributed by atoms with E-state index in [9.17, 15) is 0 Å². The molecule has 0 N–H and O–H groups in total. The van der Waals surface area contributed by atoms with Crippen LogP contribution in [0.1, 0.15) is 0 Å². The third-order valence-corrected chi connectivity index (χ3v) is 7.29. The molecule has 2 heteroatoms. The highest BCUT2D eigenvalue weighted by Crippen LogP contribution is 2.48. The Hall–Kier alpha value is -4.82. The molecule has 0 radical (unpaired) electrons. The van der Waals surface area contributed by atoms with Crippen molar-refractivity contribution in [3.63, 3.8) is 0 Å². The molecule has 2 heterocycles. The molecule has 0 atom stereocenters. The molecule has 8 rings (SSSR count). The van der Waals surface area contributed by atoms with E-state index >= 15 is 0 Å². The third kappa shape index (κ3) is 2.79. The van der Waals surface area contributed by atoms with Gasteiger partial charge in [0.1, 0.15) is 22.7 Å². The predicted molar refractivity (Wildman–Crippen MR) is 148 cm³/mol. The second kappa shape index (κ2) is 7.34. The topological polar surface area (TPSA) is 22.4 Å². The monoisotopic (exact) mass is 460 g/mol. The highest BCUT2D eigenvalue weighted by atomic mass is 16.5. The summed E-state index contributed by atoms with van der Waals surface area (Å²) in [6.45, 7) is 0. The van der Waals surface area contributed by atoms with Gasteiger partial charge in [-0.1, -0.05) is 84.9 Å². The van der Waals surface area contributed by atoms with Crippen molar-refractivity contribution in [2.75, 3.05) is 0 Å². The van der Waals surface area contributed by atoms with Crippen LogP contribution in [-0.2, 0) is 0 Å². The van der Waals surface area contributed by atoms with Crippen LogP contribution >= 0.6 is 0 Å². The normalized spacial score (nSPS) is 12.1. The molecule has 0 unspecified atom stereocenters. The van der Waals surface area contributed by atoms with Gasteiger partial charge in [-0.2, -0.15) is 0 Å². The van der Waals surface area contributed by atoms with Gasteiger partial charge in [0.15, 0.2) is 0 Å². The van der Waals surface area contributed by atoms with E-state index in [1.54, 1.807) is 0 Å². The number of para-hydroxylation sites is 2. The predicted octanol–water partition coefficient (Wildman–Crippen LogP) is 9.85. The van der Waals surface area contributed by atoms with Gasteiger partial charge < -0.3 is 9.15 Å². The molecule has 0 bridgehead atoms. The van der Waals surface area contributed by atoms with Crippen LogP contribution in [0.2, 0.25) is 0 Å². The van der Waals surface area contributed by atoms with Crippen molar-refractivity contribution in [1.29, 1.82) is 0 Å². The molecular formula is C34H20O2. The van der Waals surface area contributed by atoms with E-state index in [4.69, 9.17) is 9.15 Å². The van der Waals surface area contributed by atoms with Crippen molar-refractivity contribution in [2.45, 2.75) is 0 Å². The van der Waals surface area contributed by atoms with E-state index < -0.39 is 0 Å². The van der Waals surface area contributed by atoms with Crippen LogP contribution in [-0.4, -0.2) is 0 Å². The zero-order valence-corrected chi connectivity index (χ0v) is 19.4. The summed E-state index contributed by atoms with van der Waals surface area (Å²) >= 11 is 0. The minimum absolute atomic E-state index is 0.910. The lowest BCUT2D eigenvalue weighted by atomic mass is 9.90. The fourth-order valence-corrected chi connectivity index (χ4v) is 5.60. The SMILES string of the molecule is c1cc(-c2ccc3c(c2)oc2ccccc23)cc(-c2ccc3c4c(cccc24)-c2ccccc2O3)c1. The lowest BCUT2D eigenvalue weighted by molar-refractivity contribution is 0.487. The molecule has 0 spiro atoms. The van der Waals surface area contributed by atoms with Gasteiger partial charge in [0.2, 0.25) is 0 Å². The zero-order chi connectivity index (χ0) is 23.6. The summed E-state index contributed by atoms with van der Waals surface area (Å²) in [5.41, 5.74) is 8.88. The average molecular weight is 461 g/mol. The largest absolute Gasteiger partial charge is 0.456 e. The molecule has 6 aromatic carbocycles. The molecule has 1 aliphatic heterocycles. The second-order valence-electron chi connectivity index (χ2n) is 9.33. The molecule has 0 aliphatic carbocycles. The minimum Gasteiger partial charge on any atom is -0.456 e. The molecule has 0 saturated heterocycles. The lowest BCUT2D eigenvalue weighted by Crippen LogP contribution is -1.97. The van der Waals surface area contributed by atoms with E-state index in [1.165, 1.54) is 27.5 Å². The Morgan fingerprint density at radius 3 is 2.14 bits per heavy atom. The van der Waals surface area contributed by atoms with Gasteiger partial charge in [-0.25, -0.2) is 0 Å². The Kier molecular flexibility index (Phi) is 3.97. The van der Waals surface area contributed by atoms with Gasteiger partial charge in [-0.15, -0.1) is 0 Å². The maximum absolute atomic E-state index is 6.29. The first kappa shape index (κ1) is 19.5. The summed E-state index contributed by atoms with van der Waals surface area (Å²) in [6.07, 6.45) is 0. The first-order valence-corrected chi connectivity index (χ1v) is 12.2. The van der Waals surface area contributed by atoms with Crippen molar-refractivity contribution in [3.8, 4) is 44.9 Å². The number of rotatable bonds is 2. The summed E-state index contributed by atoms with van der Waals surface area (Å²) < 4.78 is 12.4. The summed E-state index contributed by atoms with van der Waals surface area (Å²) in [4.78, 5) is 0. The molecule has 0 fully saturated rings. The van der Waals surface area contributed by atoms with Gasteiger partial charge in [-0.3, -0.25) is 0 Å². The van der Waals surface area contributed by atoms with Crippen molar-refractivity contribution < 1.29 is 9.15 Å². The van der Waals surface area contributed by atoms with Gasteiger partial charge >= 0.3 is 0 Å². The summed E-state index contributed by atoms with van der Waals surface area (Å²) in [5.74, 6) is 1.82. The van der Waals surface area contributed by atoms with Crippen LogP contribution in [0.4, 0.5) is 0 Å². The Morgan fingerprint density at radius 1 is 0.389 bits per heavy atom. The van der Waals surface area contributed by atoms with E-state index in [1.807, 2.05) is 24.3 Å². The molecule has 2 nitrogen and oxygen atoms in total. The minimum atomic E-state index is 0.910. The Labute approximate surface area is 208 Å². The average Bonchev–Trinajstić information content (AvgIpc) is 3.31. The second-order valence-corrected chi connectivity index (χ2v) is 9.33. The Balaban J connectivity index is 1.29. The quantitative estimate of drug-likeness (QED) is 0.256. The molecule has 0 amide bonds. The van der Waals surface area contributed by atoms with Crippen LogP contribution in [0, 0.1) is 0 Å². The van der Waals surface area contributed by atoms with Crippen molar-refractivity contribution in [2.24, 2.45) is 0 Å². The van der Waals surface area contributed by atoms with Crippen LogP contribution in [0.25, 0.3) is 66.1 Å².